The standard InChI is InChI=1S/C15H24N2O2/c1-4-13-7-5-6-8-14(13)19-10-9-16-15(18)17-11-12(2)3/h5-8,12H,4,9-11H2,1-3H3,(H2,16,17,18). The van der Waals surface area contributed by atoms with Gasteiger partial charge in [0, 0.05) is 6.54 Å². The number of benzene rings is 1. The molecule has 0 fully saturated rings. The second-order valence-corrected chi connectivity index (χ2v) is 4.84. The highest BCUT2D eigenvalue weighted by Crippen LogP contribution is 2.17. The van der Waals surface area contributed by atoms with E-state index >= 15 is 0 Å². The number of para-hydroxylation sites is 1. The number of urea groups is 1. The Bertz CT molecular complexity index is 391. The predicted octanol–water partition coefficient (Wildman–Crippen LogP) is 2.58. The third-order valence-corrected chi connectivity index (χ3v) is 2.67. The highest BCUT2D eigenvalue weighted by atomic mass is 16.5. The van der Waals surface area contributed by atoms with Gasteiger partial charge in [0.2, 0.25) is 0 Å². The minimum absolute atomic E-state index is 0.138. The van der Waals surface area contributed by atoms with Crippen molar-refractivity contribution in [3.8, 4) is 5.75 Å². The summed E-state index contributed by atoms with van der Waals surface area (Å²) in [5, 5.41) is 5.57. The van der Waals surface area contributed by atoms with Crippen LogP contribution >= 0.6 is 0 Å². The summed E-state index contributed by atoms with van der Waals surface area (Å²) in [6.07, 6.45) is 0.943. The number of carbonyl (C=O) groups is 1. The fourth-order valence-corrected chi connectivity index (χ4v) is 1.62. The molecule has 4 heteroatoms. The first-order chi connectivity index (χ1) is 9.13. The SMILES string of the molecule is CCc1ccccc1OCCNC(=O)NCC(C)C. The average Bonchev–Trinajstić information content (AvgIpc) is 2.41. The number of amides is 2. The topological polar surface area (TPSA) is 50.4 Å². The average molecular weight is 264 g/mol. The van der Waals surface area contributed by atoms with Gasteiger partial charge in [-0.3, -0.25) is 0 Å². The molecule has 1 aromatic carbocycles. The first kappa shape index (κ1) is 15.3. The van der Waals surface area contributed by atoms with Crippen LogP contribution in [0.2, 0.25) is 0 Å². The summed E-state index contributed by atoms with van der Waals surface area (Å²) >= 11 is 0. The second-order valence-electron chi connectivity index (χ2n) is 4.84. The van der Waals surface area contributed by atoms with Gasteiger partial charge in [-0.2, -0.15) is 0 Å². The molecule has 19 heavy (non-hydrogen) atoms. The van der Waals surface area contributed by atoms with Crippen molar-refractivity contribution in [2.75, 3.05) is 19.7 Å². The van der Waals surface area contributed by atoms with Gasteiger partial charge in [-0.15, -0.1) is 0 Å². The Hall–Kier alpha value is -1.71. The normalized spacial score (nSPS) is 10.3. The molecule has 4 nitrogen and oxygen atoms in total. The number of hydrogen-bond acceptors (Lipinski definition) is 2. The number of aryl methyl sites for hydroxylation is 1. The Morgan fingerprint density at radius 2 is 2.00 bits per heavy atom. The summed E-state index contributed by atoms with van der Waals surface area (Å²) in [7, 11) is 0. The first-order valence-electron chi connectivity index (χ1n) is 6.85. The zero-order valence-corrected chi connectivity index (χ0v) is 12.0. The minimum Gasteiger partial charge on any atom is -0.491 e. The van der Waals surface area contributed by atoms with Gasteiger partial charge in [0.1, 0.15) is 12.4 Å². The van der Waals surface area contributed by atoms with Crippen molar-refractivity contribution >= 4 is 6.03 Å². The molecule has 2 amide bonds. The summed E-state index contributed by atoms with van der Waals surface area (Å²) in [6, 6.07) is 7.83. The van der Waals surface area contributed by atoms with Crippen molar-refractivity contribution in [1.29, 1.82) is 0 Å². The van der Waals surface area contributed by atoms with Crippen LogP contribution in [0.3, 0.4) is 0 Å². The summed E-state index contributed by atoms with van der Waals surface area (Å²) in [5.41, 5.74) is 1.19. The van der Waals surface area contributed by atoms with Crippen molar-refractivity contribution in [3.63, 3.8) is 0 Å². The Balaban J connectivity index is 2.22. The summed E-state index contributed by atoms with van der Waals surface area (Å²) in [5.74, 6) is 1.35. The van der Waals surface area contributed by atoms with Gasteiger partial charge >= 0.3 is 6.03 Å². The molecular formula is C15H24N2O2. The molecule has 0 saturated heterocycles. The summed E-state index contributed by atoms with van der Waals surface area (Å²) < 4.78 is 5.66. The molecule has 1 rings (SSSR count). The van der Waals surface area contributed by atoms with Gasteiger partial charge < -0.3 is 15.4 Å². The van der Waals surface area contributed by atoms with E-state index < -0.39 is 0 Å². The van der Waals surface area contributed by atoms with Crippen molar-refractivity contribution in [2.45, 2.75) is 27.2 Å². The fourth-order valence-electron chi connectivity index (χ4n) is 1.62. The van der Waals surface area contributed by atoms with Crippen LogP contribution in [0.4, 0.5) is 4.79 Å². The van der Waals surface area contributed by atoms with Crippen molar-refractivity contribution < 1.29 is 9.53 Å². The zero-order chi connectivity index (χ0) is 14.1. The molecule has 0 aromatic heterocycles. The molecule has 0 atom stereocenters. The van der Waals surface area contributed by atoms with Crippen LogP contribution < -0.4 is 15.4 Å². The van der Waals surface area contributed by atoms with Gasteiger partial charge in [-0.1, -0.05) is 39.0 Å². The third kappa shape index (κ3) is 6.13. The van der Waals surface area contributed by atoms with Crippen LogP contribution in [-0.4, -0.2) is 25.7 Å². The summed E-state index contributed by atoms with van der Waals surface area (Å²) in [6.45, 7) is 7.88. The van der Waals surface area contributed by atoms with E-state index in [0.717, 1.165) is 12.2 Å². The molecule has 0 aliphatic carbocycles. The number of ether oxygens (including phenoxy) is 1. The van der Waals surface area contributed by atoms with Gasteiger partial charge in [-0.25, -0.2) is 4.79 Å². The second kappa shape index (κ2) is 8.40. The van der Waals surface area contributed by atoms with E-state index in [4.69, 9.17) is 4.74 Å². The number of nitrogens with one attached hydrogen (secondary N) is 2. The van der Waals surface area contributed by atoms with E-state index in [2.05, 4.69) is 37.5 Å². The molecule has 2 N–H and O–H groups in total. The lowest BCUT2D eigenvalue weighted by molar-refractivity contribution is 0.235. The predicted molar refractivity (Wildman–Crippen MR) is 77.6 cm³/mol. The molecule has 0 heterocycles. The maximum atomic E-state index is 11.4. The van der Waals surface area contributed by atoms with Crippen LogP contribution in [0.25, 0.3) is 0 Å². The van der Waals surface area contributed by atoms with Gasteiger partial charge in [0.25, 0.3) is 0 Å². The maximum absolute atomic E-state index is 11.4. The Morgan fingerprint density at radius 3 is 2.68 bits per heavy atom. The Kier molecular flexibility index (Phi) is 6.79. The van der Waals surface area contributed by atoms with Gasteiger partial charge in [0.15, 0.2) is 0 Å². The fraction of sp³-hybridized carbons (Fsp3) is 0.533. The van der Waals surface area contributed by atoms with E-state index in [0.29, 0.717) is 25.6 Å². The highest BCUT2D eigenvalue weighted by Gasteiger charge is 2.02. The molecule has 0 spiro atoms. The molecule has 106 valence electrons. The van der Waals surface area contributed by atoms with Crippen molar-refractivity contribution in [2.24, 2.45) is 5.92 Å². The summed E-state index contributed by atoms with van der Waals surface area (Å²) in [4.78, 5) is 11.4. The number of hydrogen-bond donors (Lipinski definition) is 2. The molecule has 0 saturated carbocycles. The van der Waals surface area contributed by atoms with Gasteiger partial charge in [0.05, 0.1) is 6.54 Å². The minimum atomic E-state index is -0.138. The van der Waals surface area contributed by atoms with Crippen molar-refractivity contribution in [3.05, 3.63) is 29.8 Å². The quantitative estimate of drug-likeness (QED) is 0.744. The molecule has 0 bridgehead atoms. The number of rotatable bonds is 7. The van der Waals surface area contributed by atoms with Crippen LogP contribution in [0.15, 0.2) is 24.3 Å². The van der Waals surface area contributed by atoms with Crippen LogP contribution in [0, 0.1) is 5.92 Å². The molecular weight excluding hydrogens is 240 g/mol. The first-order valence-corrected chi connectivity index (χ1v) is 6.85. The van der Waals surface area contributed by atoms with E-state index in [9.17, 15) is 4.79 Å². The van der Waals surface area contributed by atoms with E-state index in [1.54, 1.807) is 0 Å². The smallest absolute Gasteiger partial charge is 0.314 e. The molecule has 0 radical (unpaired) electrons. The van der Waals surface area contributed by atoms with Crippen LogP contribution in [0.1, 0.15) is 26.3 Å². The molecule has 0 unspecified atom stereocenters. The third-order valence-electron chi connectivity index (χ3n) is 2.67. The maximum Gasteiger partial charge on any atom is 0.314 e. The Labute approximate surface area is 115 Å². The molecule has 0 aliphatic heterocycles. The lowest BCUT2D eigenvalue weighted by Gasteiger charge is -2.12. The lowest BCUT2D eigenvalue weighted by Crippen LogP contribution is -2.39. The molecule has 0 aliphatic rings. The van der Waals surface area contributed by atoms with E-state index in [1.165, 1.54) is 5.56 Å². The highest BCUT2D eigenvalue weighted by molar-refractivity contribution is 5.73. The largest absolute Gasteiger partial charge is 0.491 e. The molecule has 1 aromatic rings. The lowest BCUT2D eigenvalue weighted by atomic mass is 10.1. The zero-order valence-electron chi connectivity index (χ0n) is 12.0. The Morgan fingerprint density at radius 1 is 1.26 bits per heavy atom. The van der Waals surface area contributed by atoms with Crippen LogP contribution in [0.5, 0.6) is 5.75 Å². The van der Waals surface area contributed by atoms with E-state index in [-0.39, 0.29) is 6.03 Å². The monoisotopic (exact) mass is 264 g/mol. The van der Waals surface area contributed by atoms with Gasteiger partial charge in [-0.05, 0) is 24.0 Å². The van der Waals surface area contributed by atoms with E-state index in [1.807, 2.05) is 18.2 Å². The number of carbonyl (C=O) groups excluding carboxylic acids is 1. The van der Waals surface area contributed by atoms with Crippen LogP contribution in [-0.2, 0) is 6.42 Å². The van der Waals surface area contributed by atoms with Crippen molar-refractivity contribution in [1.82, 2.24) is 10.6 Å².